The van der Waals surface area contributed by atoms with Gasteiger partial charge in [-0.25, -0.2) is 0 Å². The highest BCUT2D eigenvalue weighted by molar-refractivity contribution is 6.35. The van der Waals surface area contributed by atoms with Crippen LogP contribution in [0.3, 0.4) is 0 Å². The fourth-order valence-electron chi connectivity index (χ4n) is 3.54. The lowest BCUT2D eigenvalue weighted by molar-refractivity contribution is -0.156. The number of hydrogen-bond donors (Lipinski definition) is 1. The maximum absolute atomic E-state index is 12.4. The van der Waals surface area contributed by atoms with Gasteiger partial charge in [0.05, 0.1) is 19.3 Å². The minimum atomic E-state index is -0.616. The van der Waals surface area contributed by atoms with Crippen LogP contribution in [0.5, 0.6) is 0 Å². The van der Waals surface area contributed by atoms with Crippen molar-refractivity contribution in [3.8, 4) is 0 Å². The number of ether oxygens (including phenoxy) is 1. The van der Waals surface area contributed by atoms with Gasteiger partial charge in [0.2, 0.25) is 5.91 Å². The van der Waals surface area contributed by atoms with Crippen molar-refractivity contribution in [1.82, 2.24) is 20.0 Å². The fraction of sp³-hybridized carbons (Fsp3) is 0.632. The zero-order valence-corrected chi connectivity index (χ0v) is 16.5. The van der Waals surface area contributed by atoms with Crippen LogP contribution < -0.4 is 5.32 Å². The van der Waals surface area contributed by atoms with Gasteiger partial charge in [0, 0.05) is 39.3 Å². The smallest absolute Gasteiger partial charge is 0.312 e. The Kier molecular flexibility index (Phi) is 6.69. The van der Waals surface area contributed by atoms with Gasteiger partial charge in [0.15, 0.2) is 0 Å². The van der Waals surface area contributed by atoms with Crippen LogP contribution in [0.2, 0.25) is 0 Å². The number of carbonyl (C=O) groups excluding carboxylic acids is 3. The van der Waals surface area contributed by atoms with Crippen LogP contribution in [-0.4, -0.2) is 91.4 Å². The lowest BCUT2D eigenvalue weighted by atomic mass is 10.1. The van der Waals surface area contributed by atoms with Crippen LogP contribution >= 0.6 is 0 Å². The maximum Gasteiger partial charge on any atom is 0.312 e. The number of morpholine rings is 1. The molecule has 2 saturated heterocycles. The van der Waals surface area contributed by atoms with Gasteiger partial charge >= 0.3 is 11.8 Å². The standard InChI is InChI=1S/C19H28N4O5/c1-3-21-6-7-23(19(26)18(21)25)13-17(24)20-12-15(16-5-4-14(2)28-16)22-8-10-27-11-9-22/h4-5,15H,3,6-13H2,1-2H3,(H,20,24). The topological polar surface area (TPSA) is 95.3 Å². The van der Waals surface area contributed by atoms with E-state index in [1.165, 1.54) is 9.80 Å². The van der Waals surface area contributed by atoms with Gasteiger partial charge in [0.25, 0.3) is 0 Å². The molecule has 1 aromatic heterocycles. The third kappa shape index (κ3) is 4.71. The lowest BCUT2D eigenvalue weighted by Gasteiger charge is -2.34. The first-order chi connectivity index (χ1) is 13.5. The molecule has 2 fully saturated rings. The quantitative estimate of drug-likeness (QED) is 0.644. The van der Waals surface area contributed by atoms with Crippen molar-refractivity contribution < 1.29 is 23.5 Å². The van der Waals surface area contributed by atoms with E-state index in [2.05, 4.69) is 10.2 Å². The number of piperazine rings is 1. The van der Waals surface area contributed by atoms with Crippen LogP contribution in [0.25, 0.3) is 0 Å². The molecule has 1 N–H and O–H groups in total. The zero-order valence-electron chi connectivity index (χ0n) is 16.5. The summed E-state index contributed by atoms with van der Waals surface area (Å²) >= 11 is 0. The van der Waals surface area contributed by atoms with Crippen molar-refractivity contribution in [3.63, 3.8) is 0 Å². The summed E-state index contributed by atoms with van der Waals surface area (Å²) in [5, 5.41) is 2.90. The molecular formula is C19H28N4O5. The molecule has 3 amide bonds. The number of aryl methyl sites for hydroxylation is 1. The summed E-state index contributed by atoms with van der Waals surface area (Å²) in [6, 6.07) is 3.73. The first-order valence-electron chi connectivity index (χ1n) is 9.72. The number of likely N-dealkylation sites (N-methyl/N-ethyl adjacent to an activating group) is 1. The number of amides is 3. The minimum Gasteiger partial charge on any atom is -0.465 e. The number of nitrogens with zero attached hydrogens (tertiary/aromatic N) is 3. The summed E-state index contributed by atoms with van der Waals surface area (Å²) in [7, 11) is 0. The van der Waals surface area contributed by atoms with E-state index in [1.54, 1.807) is 0 Å². The molecule has 9 nitrogen and oxygen atoms in total. The van der Waals surface area contributed by atoms with E-state index in [0.29, 0.717) is 39.4 Å². The van der Waals surface area contributed by atoms with E-state index >= 15 is 0 Å². The number of hydrogen-bond acceptors (Lipinski definition) is 6. The van der Waals surface area contributed by atoms with Gasteiger partial charge in [-0.05, 0) is 26.0 Å². The van der Waals surface area contributed by atoms with Crippen molar-refractivity contribution in [2.75, 3.05) is 59.0 Å². The van der Waals surface area contributed by atoms with E-state index in [9.17, 15) is 14.4 Å². The van der Waals surface area contributed by atoms with Crippen molar-refractivity contribution in [2.45, 2.75) is 19.9 Å². The second-order valence-corrected chi connectivity index (χ2v) is 7.03. The molecule has 3 rings (SSSR count). The highest BCUT2D eigenvalue weighted by atomic mass is 16.5. The highest BCUT2D eigenvalue weighted by Gasteiger charge is 2.33. The predicted molar refractivity (Wildman–Crippen MR) is 100 cm³/mol. The molecule has 9 heteroatoms. The number of furan rings is 1. The first-order valence-corrected chi connectivity index (χ1v) is 9.72. The average Bonchev–Trinajstić information content (AvgIpc) is 3.13. The van der Waals surface area contributed by atoms with Crippen LogP contribution in [0.4, 0.5) is 0 Å². The fourth-order valence-corrected chi connectivity index (χ4v) is 3.54. The van der Waals surface area contributed by atoms with Gasteiger partial charge in [-0.2, -0.15) is 0 Å². The second kappa shape index (κ2) is 9.20. The second-order valence-electron chi connectivity index (χ2n) is 7.03. The van der Waals surface area contributed by atoms with Gasteiger partial charge in [-0.3, -0.25) is 19.3 Å². The molecule has 2 aliphatic heterocycles. The Labute approximate surface area is 164 Å². The Balaban J connectivity index is 1.57. The maximum atomic E-state index is 12.4. The molecule has 154 valence electrons. The van der Waals surface area contributed by atoms with E-state index < -0.39 is 11.8 Å². The molecule has 1 aromatic rings. The predicted octanol–water partition coefficient (Wildman–Crippen LogP) is -0.232. The highest BCUT2D eigenvalue weighted by Crippen LogP contribution is 2.23. The van der Waals surface area contributed by atoms with Crippen molar-refractivity contribution in [2.24, 2.45) is 0 Å². The van der Waals surface area contributed by atoms with Gasteiger partial charge < -0.3 is 24.3 Å². The summed E-state index contributed by atoms with van der Waals surface area (Å²) in [5.74, 6) is 0.168. The molecule has 0 radical (unpaired) electrons. The van der Waals surface area contributed by atoms with Crippen molar-refractivity contribution >= 4 is 17.7 Å². The Morgan fingerprint density at radius 1 is 1.11 bits per heavy atom. The minimum absolute atomic E-state index is 0.101. The number of carbonyl (C=O) groups is 3. The van der Waals surface area contributed by atoms with E-state index in [0.717, 1.165) is 24.6 Å². The molecule has 0 saturated carbocycles. The average molecular weight is 392 g/mol. The Morgan fingerprint density at radius 3 is 2.43 bits per heavy atom. The third-order valence-corrected chi connectivity index (χ3v) is 5.18. The van der Waals surface area contributed by atoms with Crippen molar-refractivity contribution in [1.29, 1.82) is 0 Å². The molecule has 1 atom stereocenters. The normalized spacial score (nSPS) is 19.8. The summed E-state index contributed by atoms with van der Waals surface area (Å²) in [5.41, 5.74) is 0. The monoisotopic (exact) mass is 392 g/mol. The number of rotatable bonds is 7. The van der Waals surface area contributed by atoms with Crippen LogP contribution in [0, 0.1) is 6.92 Å². The molecule has 0 bridgehead atoms. The van der Waals surface area contributed by atoms with Gasteiger partial charge in [0.1, 0.15) is 18.1 Å². The van der Waals surface area contributed by atoms with E-state index in [1.807, 2.05) is 26.0 Å². The summed E-state index contributed by atoms with van der Waals surface area (Å²) in [6.45, 7) is 8.08. The molecule has 1 unspecified atom stereocenters. The van der Waals surface area contributed by atoms with Crippen LogP contribution in [0.1, 0.15) is 24.5 Å². The summed E-state index contributed by atoms with van der Waals surface area (Å²) in [4.78, 5) is 41.6. The lowest BCUT2D eigenvalue weighted by Crippen LogP contribution is -2.56. The van der Waals surface area contributed by atoms with Gasteiger partial charge in [-0.1, -0.05) is 0 Å². The van der Waals surface area contributed by atoms with E-state index in [-0.39, 0.29) is 18.5 Å². The Hall–Kier alpha value is -2.39. The first kappa shape index (κ1) is 20.3. The molecule has 0 aliphatic carbocycles. The summed E-state index contributed by atoms with van der Waals surface area (Å²) < 4.78 is 11.2. The largest absolute Gasteiger partial charge is 0.465 e. The number of nitrogens with one attached hydrogen (secondary N) is 1. The molecule has 3 heterocycles. The Bertz CT molecular complexity index is 713. The third-order valence-electron chi connectivity index (χ3n) is 5.18. The molecular weight excluding hydrogens is 364 g/mol. The van der Waals surface area contributed by atoms with Crippen LogP contribution in [0.15, 0.2) is 16.5 Å². The van der Waals surface area contributed by atoms with Crippen molar-refractivity contribution in [3.05, 3.63) is 23.7 Å². The van der Waals surface area contributed by atoms with Gasteiger partial charge in [-0.15, -0.1) is 0 Å². The van der Waals surface area contributed by atoms with E-state index in [4.69, 9.17) is 9.15 Å². The molecule has 0 spiro atoms. The van der Waals surface area contributed by atoms with Crippen LogP contribution in [-0.2, 0) is 19.1 Å². The zero-order chi connectivity index (χ0) is 20.1. The summed E-state index contributed by atoms with van der Waals surface area (Å²) in [6.07, 6.45) is 0. The molecule has 28 heavy (non-hydrogen) atoms. The SMILES string of the molecule is CCN1CCN(CC(=O)NCC(c2ccc(C)o2)N2CCOCC2)C(=O)C1=O. The molecule has 2 aliphatic rings. The Morgan fingerprint density at radius 2 is 1.79 bits per heavy atom. The molecule has 0 aromatic carbocycles.